The lowest BCUT2D eigenvalue weighted by Crippen LogP contribution is -2.40. The van der Waals surface area contributed by atoms with Crippen molar-refractivity contribution in [1.29, 1.82) is 0 Å². The van der Waals surface area contributed by atoms with Crippen molar-refractivity contribution >= 4 is 57.7 Å². The standard InChI is InChI=1S/C27H32N4O4S2/c1-3-35-26(34)18-11-14-29(15-12-18)23-20(24(32)30-13-7-8-17(2)22(30)28-23)16-21-25(33)31(27(36)37-21)19-9-5-4-6-10-19/h7-8,13,16,18-19H,3-6,9-12,14-15H2,1-2H3/b21-16-. The fraction of sp³-hybridized carbons (Fsp3) is 0.519. The van der Waals surface area contributed by atoms with E-state index in [2.05, 4.69) is 4.90 Å². The van der Waals surface area contributed by atoms with E-state index >= 15 is 0 Å². The van der Waals surface area contributed by atoms with Crippen molar-refractivity contribution in [3.8, 4) is 0 Å². The number of hydrogen-bond donors (Lipinski definition) is 0. The molecule has 5 rings (SSSR count). The van der Waals surface area contributed by atoms with Crippen LogP contribution in [0.3, 0.4) is 0 Å². The molecule has 2 aromatic heterocycles. The van der Waals surface area contributed by atoms with E-state index in [-0.39, 0.29) is 29.4 Å². The van der Waals surface area contributed by atoms with E-state index in [4.69, 9.17) is 21.9 Å². The van der Waals surface area contributed by atoms with Crippen LogP contribution in [0.5, 0.6) is 0 Å². The summed E-state index contributed by atoms with van der Waals surface area (Å²) in [5.41, 5.74) is 1.63. The van der Waals surface area contributed by atoms with Crippen LogP contribution in [-0.2, 0) is 14.3 Å². The monoisotopic (exact) mass is 540 g/mol. The van der Waals surface area contributed by atoms with E-state index in [1.54, 1.807) is 17.2 Å². The van der Waals surface area contributed by atoms with E-state index in [0.717, 1.165) is 31.2 Å². The first kappa shape index (κ1) is 25.9. The Bertz CT molecular complexity index is 1320. The molecule has 8 nitrogen and oxygen atoms in total. The molecular formula is C27H32N4O4S2. The van der Waals surface area contributed by atoms with Gasteiger partial charge in [-0.1, -0.05) is 49.3 Å². The van der Waals surface area contributed by atoms with Crippen molar-refractivity contribution < 1.29 is 14.3 Å². The van der Waals surface area contributed by atoms with E-state index in [1.165, 1.54) is 22.6 Å². The van der Waals surface area contributed by atoms with Crippen LogP contribution in [0.2, 0.25) is 0 Å². The van der Waals surface area contributed by atoms with Gasteiger partial charge in [-0.25, -0.2) is 4.98 Å². The maximum absolute atomic E-state index is 13.8. The Balaban J connectivity index is 1.52. The molecule has 196 valence electrons. The number of aryl methyl sites for hydroxylation is 1. The van der Waals surface area contributed by atoms with Crippen molar-refractivity contribution in [2.45, 2.75) is 64.8 Å². The number of thiocarbonyl (C=S) groups is 1. The molecule has 4 heterocycles. The lowest BCUT2D eigenvalue weighted by molar-refractivity contribution is -0.148. The third kappa shape index (κ3) is 5.05. The normalized spacial score (nSPS) is 20.9. The number of rotatable bonds is 5. The third-order valence-electron chi connectivity index (χ3n) is 7.52. The van der Waals surface area contributed by atoms with Crippen LogP contribution in [0, 0.1) is 12.8 Å². The largest absolute Gasteiger partial charge is 0.466 e. The molecule has 1 amide bonds. The number of hydrogen-bond acceptors (Lipinski definition) is 8. The number of pyridine rings is 1. The molecule has 3 fully saturated rings. The second kappa shape index (κ2) is 10.9. The molecule has 1 aliphatic carbocycles. The number of nitrogens with zero attached hydrogens (tertiary/aromatic N) is 4. The van der Waals surface area contributed by atoms with Crippen LogP contribution in [0.15, 0.2) is 28.0 Å². The molecule has 0 unspecified atom stereocenters. The van der Waals surface area contributed by atoms with Gasteiger partial charge in [0.1, 0.15) is 15.8 Å². The molecule has 0 radical (unpaired) electrons. The highest BCUT2D eigenvalue weighted by Gasteiger charge is 2.38. The molecule has 3 aliphatic rings. The SMILES string of the molecule is CCOC(=O)C1CCN(c2nc3c(C)cccn3c(=O)c2/C=C2\SC(=S)N(C3CCCCC3)C2=O)CC1. The Morgan fingerprint density at radius 3 is 2.62 bits per heavy atom. The number of esters is 1. The Hall–Kier alpha value is -2.72. The Labute approximate surface area is 226 Å². The average Bonchev–Trinajstić information content (AvgIpc) is 3.19. The molecule has 0 N–H and O–H groups in total. The van der Waals surface area contributed by atoms with Crippen molar-refractivity contribution in [2.24, 2.45) is 5.92 Å². The molecule has 2 saturated heterocycles. The van der Waals surface area contributed by atoms with Crippen molar-refractivity contribution in [2.75, 3.05) is 24.6 Å². The van der Waals surface area contributed by atoms with E-state index < -0.39 is 0 Å². The van der Waals surface area contributed by atoms with E-state index in [0.29, 0.717) is 58.8 Å². The third-order valence-corrected chi connectivity index (χ3v) is 8.85. The maximum atomic E-state index is 13.8. The number of amides is 1. The molecule has 0 spiro atoms. The van der Waals surface area contributed by atoms with Gasteiger partial charge in [0.2, 0.25) is 0 Å². The number of fused-ring (bicyclic) bond motifs is 1. The number of thioether (sulfide) groups is 1. The van der Waals surface area contributed by atoms with Gasteiger partial charge in [0, 0.05) is 25.3 Å². The fourth-order valence-corrected chi connectivity index (χ4v) is 6.90. The summed E-state index contributed by atoms with van der Waals surface area (Å²) < 4.78 is 7.32. The highest BCUT2D eigenvalue weighted by Crippen LogP contribution is 2.38. The van der Waals surface area contributed by atoms with Crippen LogP contribution in [0.1, 0.15) is 63.0 Å². The molecule has 0 atom stereocenters. The Morgan fingerprint density at radius 2 is 1.92 bits per heavy atom. The second-order valence-corrected chi connectivity index (χ2v) is 11.6. The van der Waals surface area contributed by atoms with Gasteiger partial charge >= 0.3 is 5.97 Å². The lowest BCUT2D eigenvalue weighted by atomic mass is 9.94. The Kier molecular flexibility index (Phi) is 7.67. The number of aromatic nitrogens is 2. The van der Waals surface area contributed by atoms with Gasteiger partial charge in [-0.2, -0.15) is 0 Å². The molecule has 0 bridgehead atoms. The van der Waals surface area contributed by atoms with Gasteiger partial charge in [0.25, 0.3) is 11.5 Å². The van der Waals surface area contributed by atoms with Crippen LogP contribution < -0.4 is 10.5 Å². The number of carbonyl (C=O) groups excluding carboxylic acids is 2. The van der Waals surface area contributed by atoms with E-state index in [9.17, 15) is 14.4 Å². The molecule has 10 heteroatoms. The topological polar surface area (TPSA) is 84.2 Å². The first-order valence-corrected chi connectivity index (χ1v) is 14.3. The summed E-state index contributed by atoms with van der Waals surface area (Å²) in [5, 5.41) is 0. The lowest BCUT2D eigenvalue weighted by Gasteiger charge is -2.32. The van der Waals surface area contributed by atoms with Crippen LogP contribution in [0.4, 0.5) is 5.82 Å². The number of carbonyl (C=O) groups is 2. The minimum Gasteiger partial charge on any atom is -0.466 e. The van der Waals surface area contributed by atoms with Gasteiger partial charge < -0.3 is 9.64 Å². The summed E-state index contributed by atoms with van der Waals surface area (Å²) in [4.78, 5) is 48.7. The highest BCUT2D eigenvalue weighted by molar-refractivity contribution is 8.26. The predicted octanol–water partition coefficient (Wildman–Crippen LogP) is 4.32. The van der Waals surface area contributed by atoms with Gasteiger partial charge in [0.05, 0.1) is 23.0 Å². The molecule has 2 aromatic rings. The summed E-state index contributed by atoms with van der Waals surface area (Å²) in [6.07, 6.45) is 9.94. The van der Waals surface area contributed by atoms with Gasteiger partial charge in [-0.05, 0) is 57.2 Å². The first-order chi connectivity index (χ1) is 17.9. The average molecular weight is 541 g/mol. The predicted molar refractivity (Wildman–Crippen MR) is 150 cm³/mol. The van der Waals surface area contributed by atoms with Crippen LogP contribution in [-0.4, -0.2) is 56.2 Å². The minimum absolute atomic E-state index is 0.123. The van der Waals surface area contributed by atoms with E-state index in [1.807, 2.05) is 26.0 Å². The molecule has 2 aliphatic heterocycles. The smallest absolute Gasteiger partial charge is 0.309 e. The summed E-state index contributed by atoms with van der Waals surface area (Å²) in [7, 11) is 0. The van der Waals surface area contributed by atoms with Gasteiger partial charge in [-0.15, -0.1) is 0 Å². The zero-order valence-electron chi connectivity index (χ0n) is 21.3. The molecule has 0 aromatic carbocycles. The fourth-order valence-electron chi connectivity index (χ4n) is 5.52. The van der Waals surface area contributed by atoms with Crippen molar-refractivity contribution in [1.82, 2.24) is 14.3 Å². The first-order valence-electron chi connectivity index (χ1n) is 13.1. The summed E-state index contributed by atoms with van der Waals surface area (Å²) >= 11 is 6.88. The molecule has 1 saturated carbocycles. The highest BCUT2D eigenvalue weighted by atomic mass is 32.2. The Morgan fingerprint density at radius 1 is 1.19 bits per heavy atom. The quantitative estimate of drug-likeness (QED) is 0.315. The van der Waals surface area contributed by atoms with Gasteiger partial charge in [-0.3, -0.25) is 23.7 Å². The van der Waals surface area contributed by atoms with Crippen LogP contribution in [0.25, 0.3) is 11.7 Å². The maximum Gasteiger partial charge on any atom is 0.309 e. The minimum atomic E-state index is -0.223. The molecular weight excluding hydrogens is 508 g/mol. The van der Waals surface area contributed by atoms with Crippen LogP contribution >= 0.6 is 24.0 Å². The summed E-state index contributed by atoms with van der Waals surface area (Å²) in [5.74, 6) is 0.0954. The summed E-state index contributed by atoms with van der Waals surface area (Å²) in [6.45, 7) is 5.24. The zero-order chi connectivity index (χ0) is 26.1. The zero-order valence-corrected chi connectivity index (χ0v) is 22.9. The van der Waals surface area contributed by atoms with Gasteiger partial charge in [0.15, 0.2) is 0 Å². The second-order valence-electron chi connectivity index (χ2n) is 9.90. The van der Waals surface area contributed by atoms with Crippen molar-refractivity contribution in [3.63, 3.8) is 0 Å². The number of anilines is 1. The molecule has 37 heavy (non-hydrogen) atoms. The number of piperidine rings is 1. The summed E-state index contributed by atoms with van der Waals surface area (Å²) in [6, 6.07) is 3.88. The van der Waals surface area contributed by atoms with Crippen molar-refractivity contribution in [3.05, 3.63) is 44.7 Å². The number of ether oxygens (including phenoxy) is 1.